The van der Waals surface area contributed by atoms with Gasteiger partial charge in [-0.1, -0.05) is 19.4 Å². The molecule has 1 aromatic carbocycles. The summed E-state index contributed by atoms with van der Waals surface area (Å²) in [7, 11) is 0. The molecule has 5 heteroatoms. The summed E-state index contributed by atoms with van der Waals surface area (Å²) in [6, 6.07) is 5.54. The van der Waals surface area contributed by atoms with Crippen molar-refractivity contribution in [1.82, 2.24) is 0 Å². The Bertz CT molecular complexity index is 417. The van der Waals surface area contributed by atoms with Gasteiger partial charge in [0.05, 0.1) is 16.6 Å². The van der Waals surface area contributed by atoms with Gasteiger partial charge in [0.1, 0.15) is 0 Å². The van der Waals surface area contributed by atoms with Crippen molar-refractivity contribution in [2.45, 2.75) is 32.8 Å². The van der Waals surface area contributed by atoms with Crippen LogP contribution in [-0.2, 0) is 4.74 Å². The van der Waals surface area contributed by atoms with Crippen LogP contribution < -0.4 is 0 Å². The number of esters is 1. The van der Waals surface area contributed by atoms with Gasteiger partial charge >= 0.3 is 5.97 Å². The predicted molar refractivity (Wildman–Crippen MR) is 62.9 cm³/mol. The molecule has 0 fully saturated rings. The van der Waals surface area contributed by atoms with Gasteiger partial charge in [0.2, 0.25) is 0 Å². The monoisotopic (exact) mass is 237 g/mol. The Hall–Kier alpha value is -1.91. The van der Waals surface area contributed by atoms with Crippen LogP contribution in [0, 0.1) is 10.1 Å². The molecule has 5 nitrogen and oxygen atoms in total. The SMILES string of the molecule is CCC[C@@H](C)OC(=O)c1cccc([N+](=O)[O-])c1. The van der Waals surface area contributed by atoms with Crippen molar-refractivity contribution < 1.29 is 14.5 Å². The lowest BCUT2D eigenvalue weighted by molar-refractivity contribution is -0.384. The first kappa shape index (κ1) is 13.2. The quantitative estimate of drug-likeness (QED) is 0.448. The molecule has 0 bridgehead atoms. The maximum absolute atomic E-state index is 11.7. The standard InChI is InChI=1S/C12H15NO4/c1-3-5-9(2)17-12(14)10-6-4-7-11(8-10)13(15)16/h4,6-9H,3,5H2,1-2H3/t9-/m1/s1. The summed E-state index contributed by atoms with van der Waals surface area (Å²) >= 11 is 0. The first-order valence-electron chi connectivity index (χ1n) is 5.50. The highest BCUT2D eigenvalue weighted by Crippen LogP contribution is 2.15. The molecule has 0 aromatic heterocycles. The highest BCUT2D eigenvalue weighted by molar-refractivity contribution is 5.90. The fraction of sp³-hybridized carbons (Fsp3) is 0.417. The third-order valence-corrected chi connectivity index (χ3v) is 2.30. The molecule has 1 atom stereocenters. The van der Waals surface area contributed by atoms with Gasteiger partial charge in [-0.3, -0.25) is 10.1 Å². The minimum absolute atomic E-state index is 0.109. The van der Waals surface area contributed by atoms with Gasteiger partial charge in [-0.15, -0.1) is 0 Å². The third-order valence-electron chi connectivity index (χ3n) is 2.30. The molecule has 0 radical (unpaired) electrons. The van der Waals surface area contributed by atoms with E-state index in [0.29, 0.717) is 0 Å². The zero-order valence-electron chi connectivity index (χ0n) is 9.88. The Balaban J connectivity index is 2.75. The maximum Gasteiger partial charge on any atom is 0.338 e. The van der Waals surface area contributed by atoms with Crippen molar-refractivity contribution in [1.29, 1.82) is 0 Å². The summed E-state index contributed by atoms with van der Waals surface area (Å²) in [6.07, 6.45) is 1.52. The second-order valence-corrected chi connectivity index (χ2v) is 3.81. The Morgan fingerprint density at radius 3 is 2.82 bits per heavy atom. The van der Waals surface area contributed by atoms with Crippen molar-refractivity contribution >= 4 is 11.7 Å². The van der Waals surface area contributed by atoms with Crippen LogP contribution in [0.25, 0.3) is 0 Å². The fourth-order valence-corrected chi connectivity index (χ4v) is 1.46. The van der Waals surface area contributed by atoms with Crippen molar-refractivity contribution in [3.8, 4) is 0 Å². The second-order valence-electron chi connectivity index (χ2n) is 3.81. The molecule has 1 aromatic rings. The van der Waals surface area contributed by atoms with Gasteiger partial charge in [-0.05, 0) is 19.4 Å². The molecule has 0 N–H and O–H groups in total. The van der Waals surface area contributed by atoms with E-state index in [1.54, 1.807) is 6.92 Å². The summed E-state index contributed by atoms with van der Waals surface area (Å²) in [6.45, 7) is 3.80. The van der Waals surface area contributed by atoms with Gasteiger partial charge in [-0.2, -0.15) is 0 Å². The first-order valence-corrected chi connectivity index (χ1v) is 5.50. The van der Waals surface area contributed by atoms with Crippen molar-refractivity contribution in [2.24, 2.45) is 0 Å². The normalized spacial score (nSPS) is 11.9. The number of carbonyl (C=O) groups excluding carboxylic acids is 1. The van der Waals surface area contributed by atoms with Crippen molar-refractivity contribution in [3.05, 3.63) is 39.9 Å². The molecule has 0 spiro atoms. The molecule has 0 saturated carbocycles. The van der Waals surface area contributed by atoms with E-state index in [-0.39, 0.29) is 17.4 Å². The molecule has 0 heterocycles. The number of nitro benzene ring substituents is 1. The van der Waals surface area contributed by atoms with Gasteiger partial charge in [0.15, 0.2) is 0 Å². The molecular formula is C12H15NO4. The molecule has 92 valence electrons. The van der Waals surface area contributed by atoms with E-state index in [1.807, 2.05) is 6.92 Å². The number of hydrogen-bond acceptors (Lipinski definition) is 4. The molecule has 17 heavy (non-hydrogen) atoms. The van der Waals surface area contributed by atoms with Crippen LogP contribution in [-0.4, -0.2) is 17.0 Å². The highest BCUT2D eigenvalue weighted by atomic mass is 16.6. The molecule has 0 aliphatic rings. The van der Waals surface area contributed by atoms with Crippen LogP contribution in [0.15, 0.2) is 24.3 Å². The summed E-state index contributed by atoms with van der Waals surface area (Å²) in [5.74, 6) is -0.519. The number of nitrogens with zero attached hydrogens (tertiary/aromatic N) is 1. The number of rotatable bonds is 5. The molecular weight excluding hydrogens is 222 g/mol. The summed E-state index contributed by atoms with van der Waals surface area (Å²) in [5, 5.41) is 10.6. The van der Waals surface area contributed by atoms with E-state index in [4.69, 9.17) is 4.74 Å². The van der Waals surface area contributed by atoms with Crippen LogP contribution >= 0.6 is 0 Å². The Morgan fingerprint density at radius 2 is 2.24 bits per heavy atom. The Kier molecular flexibility index (Phi) is 4.63. The topological polar surface area (TPSA) is 69.4 Å². The number of hydrogen-bond donors (Lipinski definition) is 0. The van der Waals surface area contributed by atoms with Gasteiger partial charge in [0.25, 0.3) is 5.69 Å². The number of ether oxygens (including phenoxy) is 1. The van der Waals surface area contributed by atoms with E-state index < -0.39 is 10.9 Å². The summed E-state index contributed by atoms with van der Waals surface area (Å²) in [5.41, 5.74) is 0.102. The van der Waals surface area contributed by atoms with E-state index in [0.717, 1.165) is 12.8 Å². The number of nitro groups is 1. The van der Waals surface area contributed by atoms with Crippen LogP contribution in [0.3, 0.4) is 0 Å². The lowest BCUT2D eigenvalue weighted by Crippen LogP contribution is -2.14. The minimum Gasteiger partial charge on any atom is -0.459 e. The minimum atomic E-state index is -0.535. The van der Waals surface area contributed by atoms with Crippen LogP contribution in [0.4, 0.5) is 5.69 Å². The number of benzene rings is 1. The summed E-state index contributed by atoms with van der Waals surface area (Å²) < 4.78 is 5.15. The van der Waals surface area contributed by atoms with E-state index >= 15 is 0 Å². The van der Waals surface area contributed by atoms with Gasteiger partial charge < -0.3 is 4.74 Å². The molecule has 0 saturated heterocycles. The van der Waals surface area contributed by atoms with E-state index in [9.17, 15) is 14.9 Å². The number of carbonyl (C=O) groups is 1. The zero-order chi connectivity index (χ0) is 12.8. The molecule has 0 aliphatic carbocycles. The average Bonchev–Trinajstić information content (AvgIpc) is 2.29. The molecule has 0 amide bonds. The van der Waals surface area contributed by atoms with Crippen LogP contribution in [0.1, 0.15) is 37.0 Å². The highest BCUT2D eigenvalue weighted by Gasteiger charge is 2.14. The summed E-state index contributed by atoms with van der Waals surface area (Å²) in [4.78, 5) is 21.7. The molecule has 0 aliphatic heterocycles. The van der Waals surface area contributed by atoms with Gasteiger partial charge in [0, 0.05) is 12.1 Å². The molecule has 1 rings (SSSR count). The lowest BCUT2D eigenvalue weighted by atomic mass is 10.2. The Morgan fingerprint density at radius 1 is 1.53 bits per heavy atom. The third kappa shape index (κ3) is 3.86. The largest absolute Gasteiger partial charge is 0.459 e. The fourth-order valence-electron chi connectivity index (χ4n) is 1.46. The van der Waals surface area contributed by atoms with Crippen LogP contribution in [0.2, 0.25) is 0 Å². The Labute approximate surface area is 99.5 Å². The van der Waals surface area contributed by atoms with Crippen molar-refractivity contribution in [2.75, 3.05) is 0 Å². The lowest BCUT2D eigenvalue weighted by Gasteiger charge is -2.11. The van der Waals surface area contributed by atoms with Gasteiger partial charge in [-0.25, -0.2) is 4.79 Å². The average molecular weight is 237 g/mol. The first-order chi connectivity index (χ1) is 8.04. The second kappa shape index (κ2) is 5.98. The molecule has 0 unspecified atom stereocenters. The van der Waals surface area contributed by atoms with E-state index in [1.165, 1.54) is 24.3 Å². The predicted octanol–water partition coefficient (Wildman–Crippen LogP) is 2.94. The smallest absolute Gasteiger partial charge is 0.338 e. The number of non-ortho nitro benzene ring substituents is 1. The van der Waals surface area contributed by atoms with E-state index in [2.05, 4.69) is 0 Å². The van der Waals surface area contributed by atoms with Crippen LogP contribution in [0.5, 0.6) is 0 Å². The maximum atomic E-state index is 11.7. The zero-order valence-corrected chi connectivity index (χ0v) is 9.88. The van der Waals surface area contributed by atoms with Crippen molar-refractivity contribution in [3.63, 3.8) is 0 Å².